The van der Waals surface area contributed by atoms with Gasteiger partial charge in [0.1, 0.15) is 10.5 Å². The maximum absolute atomic E-state index is 12.9. The van der Waals surface area contributed by atoms with E-state index in [1.807, 2.05) is 47.9 Å². The third-order valence-electron chi connectivity index (χ3n) is 5.19. The SMILES string of the molecule is Cc1ccc(NC(=O)CCc2nnc3n(CC(C)C)c(=O)c4sccc4n23)cc1C. The summed E-state index contributed by atoms with van der Waals surface area (Å²) in [6.45, 7) is 8.77. The third-order valence-corrected chi connectivity index (χ3v) is 6.08. The lowest BCUT2D eigenvalue weighted by molar-refractivity contribution is -0.116. The zero-order chi connectivity index (χ0) is 21.4. The van der Waals surface area contributed by atoms with Crippen molar-refractivity contribution in [3.63, 3.8) is 0 Å². The summed E-state index contributed by atoms with van der Waals surface area (Å²) >= 11 is 1.42. The second kappa shape index (κ2) is 8.02. The molecular weight excluding hydrogens is 398 g/mol. The average molecular weight is 424 g/mol. The van der Waals surface area contributed by atoms with Gasteiger partial charge < -0.3 is 5.32 Å². The molecule has 0 spiro atoms. The lowest BCUT2D eigenvalue weighted by Crippen LogP contribution is -2.24. The molecule has 30 heavy (non-hydrogen) atoms. The number of aromatic nitrogens is 4. The van der Waals surface area contributed by atoms with Crippen LogP contribution in [0.4, 0.5) is 5.69 Å². The Labute approximate surface area is 178 Å². The van der Waals surface area contributed by atoms with Gasteiger partial charge in [0.25, 0.3) is 5.56 Å². The van der Waals surface area contributed by atoms with E-state index >= 15 is 0 Å². The van der Waals surface area contributed by atoms with Crippen molar-refractivity contribution in [3.8, 4) is 0 Å². The van der Waals surface area contributed by atoms with Crippen molar-refractivity contribution in [1.29, 1.82) is 0 Å². The molecule has 0 saturated heterocycles. The number of rotatable bonds is 6. The van der Waals surface area contributed by atoms with E-state index in [0.29, 0.717) is 35.2 Å². The highest BCUT2D eigenvalue weighted by Crippen LogP contribution is 2.21. The van der Waals surface area contributed by atoms with Crippen LogP contribution < -0.4 is 10.9 Å². The molecule has 3 aromatic heterocycles. The second-order valence-electron chi connectivity index (χ2n) is 8.04. The number of anilines is 1. The fraction of sp³-hybridized carbons (Fsp3) is 0.364. The summed E-state index contributed by atoms with van der Waals surface area (Å²) in [5.41, 5.74) is 3.89. The maximum Gasteiger partial charge on any atom is 0.272 e. The van der Waals surface area contributed by atoms with E-state index in [0.717, 1.165) is 16.8 Å². The van der Waals surface area contributed by atoms with E-state index in [-0.39, 0.29) is 17.9 Å². The summed E-state index contributed by atoms with van der Waals surface area (Å²) in [5.74, 6) is 1.44. The maximum atomic E-state index is 12.9. The van der Waals surface area contributed by atoms with Crippen LogP contribution in [0.15, 0.2) is 34.4 Å². The molecule has 0 atom stereocenters. The number of hydrogen-bond donors (Lipinski definition) is 1. The Morgan fingerprint density at radius 3 is 2.70 bits per heavy atom. The molecule has 1 aromatic carbocycles. The van der Waals surface area contributed by atoms with Gasteiger partial charge in [-0.1, -0.05) is 19.9 Å². The first-order chi connectivity index (χ1) is 14.3. The molecule has 8 heteroatoms. The van der Waals surface area contributed by atoms with Gasteiger partial charge in [0.15, 0.2) is 0 Å². The van der Waals surface area contributed by atoms with Gasteiger partial charge in [-0.3, -0.25) is 18.6 Å². The van der Waals surface area contributed by atoms with Crippen LogP contribution in [0.25, 0.3) is 16.0 Å². The number of carbonyl (C=O) groups is 1. The minimum atomic E-state index is -0.0768. The van der Waals surface area contributed by atoms with Gasteiger partial charge in [-0.25, -0.2) is 0 Å². The van der Waals surface area contributed by atoms with E-state index in [9.17, 15) is 9.59 Å². The summed E-state index contributed by atoms with van der Waals surface area (Å²) in [7, 11) is 0. The topological polar surface area (TPSA) is 81.3 Å². The van der Waals surface area contributed by atoms with Gasteiger partial charge in [0.05, 0.1) is 5.52 Å². The van der Waals surface area contributed by atoms with E-state index in [1.54, 1.807) is 4.57 Å². The molecule has 0 aliphatic carbocycles. The molecule has 0 bridgehead atoms. The predicted molar refractivity (Wildman–Crippen MR) is 120 cm³/mol. The number of nitrogens with zero attached hydrogens (tertiary/aromatic N) is 4. The summed E-state index contributed by atoms with van der Waals surface area (Å²) < 4.78 is 4.29. The van der Waals surface area contributed by atoms with Gasteiger partial charge in [-0.05, 0) is 54.5 Å². The molecule has 0 radical (unpaired) electrons. The standard InChI is InChI=1S/C22H25N5O2S/c1-13(2)12-26-21(29)20-17(9-10-30-20)27-18(24-25-22(26)27)7-8-19(28)23-16-6-5-14(3)15(4)11-16/h5-6,9-11,13H,7-8,12H2,1-4H3,(H,23,28). The highest BCUT2D eigenvalue weighted by atomic mass is 32.1. The average Bonchev–Trinajstić information content (AvgIpc) is 3.33. The lowest BCUT2D eigenvalue weighted by atomic mass is 10.1. The Balaban J connectivity index is 1.62. The van der Waals surface area contributed by atoms with Crippen molar-refractivity contribution < 1.29 is 4.79 Å². The number of thiophene rings is 1. The summed E-state index contributed by atoms with van der Waals surface area (Å²) in [5, 5.41) is 13.5. The Hall–Kier alpha value is -3.00. The minimum Gasteiger partial charge on any atom is -0.326 e. The zero-order valence-corrected chi connectivity index (χ0v) is 18.4. The molecule has 1 N–H and O–H groups in total. The summed E-state index contributed by atoms with van der Waals surface area (Å²) in [4.78, 5) is 25.4. The Bertz CT molecular complexity index is 1300. The van der Waals surface area contributed by atoms with Crippen LogP contribution >= 0.6 is 11.3 Å². The van der Waals surface area contributed by atoms with E-state index in [2.05, 4.69) is 29.4 Å². The van der Waals surface area contributed by atoms with Crippen LogP contribution in [0, 0.1) is 19.8 Å². The van der Waals surface area contributed by atoms with E-state index < -0.39 is 0 Å². The van der Waals surface area contributed by atoms with E-state index in [1.165, 1.54) is 16.9 Å². The van der Waals surface area contributed by atoms with Crippen molar-refractivity contribution in [3.05, 3.63) is 57.0 Å². The van der Waals surface area contributed by atoms with Crippen LogP contribution in [0.1, 0.15) is 37.2 Å². The smallest absolute Gasteiger partial charge is 0.272 e. The molecule has 0 unspecified atom stereocenters. The normalized spacial score (nSPS) is 11.6. The number of nitrogens with one attached hydrogen (secondary N) is 1. The number of aryl methyl sites for hydroxylation is 3. The Morgan fingerprint density at radius 1 is 1.17 bits per heavy atom. The molecule has 1 amide bonds. The van der Waals surface area contributed by atoms with Crippen LogP contribution in [0.5, 0.6) is 0 Å². The zero-order valence-electron chi connectivity index (χ0n) is 17.6. The third kappa shape index (κ3) is 3.75. The number of fused-ring (bicyclic) bond motifs is 3. The van der Waals surface area contributed by atoms with Gasteiger partial charge in [0, 0.05) is 25.1 Å². The molecule has 0 fully saturated rings. The van der Waals surface area contributed by atoms with Gasteiger partial charge in [-0.15, -0.1) is 21.5 Å². The van der Waals surface area contributed by atoms with E-state index in [4.69, 9.17) is 0 Å². The largest absolute Gasteiger partial charge is 0.326 e. The monoisotopic (exact) mass is 423 g/mol. The highest BCUT2D eigenvalue weighted by Gasteiger charge is 2.18. The van der Waals surface area contributed by atoms with Crippen LogP contribution in [0.2, 0.25) is 0 Å². The minimum absolute atomic E-state index is 0.0346. The number of carbonyl (C=O) groups excluding carboxylic acids is 1. The van der Waals surface area contributed by atoms with Crippen LogP contribution in [0.3, 0.4) is 0 Å². The first-order valence-electron chi connectivity index (χ1n) is 10.1. The number of benzene rings is 1. The highest BCUT2D eigenvalue weighted by molar-refractivity contribution is 7.17. The first-order valence-corrected chi connectivity index (χ1v) is 10.9. The lowest BCUT2D eigenvalue weighted by Gasteiger charge is -2.11. The van der Waals surface area contributed by atoms with Crippen molar-refractivity contribution in [2.45, 2.75) is 47.1 Å². The number of hydrogen-bond acceptors (Lipinski definition) is 5. The van der Waals surface area contributed by atoms with Crippen molar-refractivity contribution in [2.24, 2.45) is 5.92 Å². The van der Waals surface area contributed by atoms with Crippen molar-refractivity contribution in [1.82, 2.24) is 19.2 Å². The quantitative estimate of drug-likeness (QED) is 0.509. The van der Waals surface area contributed by atoms with Gasteiger partial charge in [0.2, 0.25) is 11.7 Å². The Morgan fingerprint density at radius 2 is 1.97 bits per heavy atom. The Kier molecular flexibility index (Phi) is 5.42. The van der Waals surface area contributed by atoms with Gasteiger partial charge >= 0.3 is 0 Å². The molecular formula is C22H25N5O2S. The summed E-state index contributed by atoms with van der Waals surface area (Å²) in [6, 6.07) is 7.79. The van der Waals surface area contributed by atoms with Crippen molar-refractivity contribution >= 4 is 38.9 Å². The molecule has 3 heterocycles. The fourth-order valence-electron chi connectivity index (χ4n) is 3.54. The first kappa shape index (κ1) is 20.3. The van der Waals surface area contributed by atoms with Crippen LogP contribution in [-0.2, 0) is 17.8 Å². The fourth-order valence-corrected chi connectivity index (χ4v) is 4.36. The molecule has 4 rings (SSSR count). The molecule has 0 aliphatic heterocycles. The molecule has 4 aromatic rings. The molecule has 0 saturated carbocycles. The summed E-state index contributed by atoms with van der Waals surface area (Å²) in [6.07, 6.45) is 0.714. The predicted octanol–water partition coefficient (Wildman–Crippen LogP) is 3.95. The molecule has 156 valence electrons. The second-order valence-corrected chi connectivity index (χ2v) is 8.96. The molecule has 0 aliphatic rings. The van der Waals surface area contributed by atoms with Crippen LogP contribution in [-0.4, -0.2) is 25.1 Å². The van der Waals surface area contributed by atoms with Gasteiger partial charge in [-0.2, -0.15) is 0 Å². The molecule has 7 nitrogen and oxygen atoms in total. The van der Waals surface area contributed by atoms with Crippen molar-refractivity contribution in [2.75, 3.05) is 5.32 Å². The number of amides is 1.